The molecule has 0 aliphatic carbocycles. The van der Waals surface area contributed by atoms with Crippen LogP contribution in [0.1, 0.15) is 12.6 Å². The number of aromatic nitrogens is 2. The minimum absolute atomic E-state index is 0.0725. The number of piperazine rings is 1. The predicted octanol–water partition coefficient (Wildman–Crippen LogP) is -0.0413. The maximum Gasteiger partial charge on any atom is 0.257 e. The molecule has 0 bridgehead atoms. The number of Topliss-reactive ketones (excluding diaryl/α,β-unsaturated/α-hetero) is 2. The smallest absolute Gasteiger partial charge is 0.257 e. The number of hydrogen-bond donors (Lipinski definition) is 1. The molecule has 12 heteroatoms. The van der Waals surface area contributed by atoms with Crippen molar-refractivity contribution in [3.05, 3.63) is 34.2 Å². The number of thiazole rings is 1. The fourth-order valence-corrected chi connectivity index (χ4v) is 4.99. The van der Waals surface area contributed by atoms with Gasteiger partial charge in [-0.1, -0.05) is 22.9 Å². The fourth-order valence-electron chi connectivity index (χ4n) is 3.96. The highest BCUT2D eigenvalue weighted by molar-refractivity contribution is 7.20. The van der Waals surface area contributed by atoms with Crippen molar-refractivity contribution in [3.63, 3.8) is 0 Å². The third-order valence-electron chi connectivity index (χ3n) is 5.37. The zero-order valence-electron chi connectivity index (χ0n) is 15.7. The number of amides is 2. The number of halogens is 1. The zero-order chi connectivity index (χ0) is 21.2. The van der Waals surface area contributed by atoms with Crippen molar-refractivity contribution in [2.24, 2.45) is 0 Å². The summed E-state index contributed by atoms with van der Waals surface area (Å²) in [4.78, 5) is 58.5. The number of fused-ring (bicyclic) bond motifs is 3. The van der Waals surface area contributed by atoms with Crippen LogP contribution in [0.2, 0.25) is 4.34 Å². The highest BCUT2D eigenvalue weighted by atomic mass is 35.5. The lowest BCUT2D eigenvalue weighted by Crippen LogP contribution is -2.65. The minimum atomic E-state index is -1.24. The Morgan fingerprint density at radius 1 is 1.37 bits per heavy atom. The van der Waals surface area contributed by atoms with E-state index in [4.69, 9.17) is 16.3 Å². The van der Waals surface area contributed by atoms with Crippen molar-refractivity contribution in [1.29, 1.82) is 0 Å². The molecule has 3 atom stereocenters. The maximum absolute atomic E-state index is 12.8. The average Bonchev–Trinajstić information content (AvgIpc) is 3.35. The van der Waals surface area contributed by atoms with E-state index in [-0.39, 0.29) is 24.7 Å². The number of ether oxygens (including phenoxy) is 1. The Bertz CT molecular complexity index is 1110. The number of nitrogens with one attached hydrogen (secondary N) is 1. The van der Waals surface area contributed by atoms with Crippen LogP contribution in [-0.4, -0.2) is 74.0 Å². The molecule has 1 unspecified atom stereocenters. The largest absolute Gasteiger partial charge is 0.354 e. The highest BCUT2D eigenvalue weighted by Gasteiger charge is 2.52. The van der Waals surface area contributed by atoms with Gasteiger partial charge in [0.25, 0.3) is 11.8 Å². The summed E-state index contributed by atoms with van der Waals surface area (Å²) >= 11 is 7.21. The van der Waals surface area contributed by atoms with Crippen LogP contribution in [0, 0.1) is 0 Å². The van der Waals surface area contributed by atoms with E-state index in [1.807, 2.05) is 6.92 Å². The summed E-state index contributed by atoms with van der Waals surface area (Å²) in [6, 6.07) is -1.40. The summed E-state index contributed by atoms with van der Waals surface area (Å²) in [5.74, 6) is -3.04. The third-order valence-corrected chi connectivity index (χ3v) is 6.48. The first-order chi connectivity index (χ1) is 14.3. The van der Waals surface area contributed by atoms with Gasteiger partial charge >= 0.3 is 0 Å². The highest BCUT2D eigenvalue weighted by Crippen LogP contribution is 2.29. The summed E-state index contributed by atoms with van der Waals surface area (Å²) in [6.07, 6.45) is 4.20. The van der Waals surface area contributed by atoms with Crippen LogP contribution in [0.5, 0.6) is 0 Å². The summed E-state index contributed by atoms with van der Waals surface area (Å²) in [5, 5.41) is 2.61. The van der Waals surface area contributed by atoms with Crippen LogP contribution in [0.25, 0.3) is 4.96 Å². The van der Waals surface area contributed by atoms with Crippen molar-refractivity contribution in [3.8, 4) is 0 Å². The van der Waals surface area contributed by atoms with Crippen LogP contribution in [0.4, 0.5) is 0 Å². The lowest BCUT2D eigenvalue weighted by atomic mass is 9.93. The molecule has 2 saturated heterocycles. The molecule has 0 radical (unpaired) electrons. The number of carbonyl (C=O) groups is 4. The molecule has 156 valence electrons. The van der Waals surface area contributed by atoms with E-state index in [1.165, 1.54) is 27.3 Å². The fraction of sp³-hybridized carbons (Fsp3) is 0.389. The van der Waals surface area contributed by atoms with E-state index >= 15 is 0 Å². The van der Waals surface area contributed by atoms with Crippen molar-refractivity contribution < 1.29 is 23.9 Å². The number of rotatable bonds is 3. The van der Waals surface area contributed by atoms with Crippen LogP contribution in [0.15, 0.2) is 24.2 Å². The topological polar surface area (TPSA) is 113 Å². The summed E-state index contributed by atoms with van der Waals surface area (Å²) in [7, 11) is 0. The molecule has 0 spiro atoms. The molecular formula is C18H16ClN5O5S. The molecule has 2 aromatic rings. The second-order valence-electron chi connectivity index (χ2n) is 7.36. The molecule has 5 heterocycles. The lowest BCUT2D eigenvalue weighted by Gasteiger charge is -2.43. The van der Waals surface area contributed by atoms with Gasteiger partial charge in [0, 0.05) is 18.6 Å². The first-order valence-corrected chi connectivity index (χ1v) is 10.4. The van der Waals surface area contributed by atoms with Crippen molar-refractivity contribution in [2.45, 2.75) is 31.8 Å². The number of ketones is 2. The van der Waals surface area contributed by atoms with Gasteiger partial charge in [0.05, 0.1) is 31.4 Å². The zero-order valence-corrected chi connectivity index (χ0v) is 17.3. The molecule has 2 fully saturated rings. The summed E-state index contributed by atoms with van der Waals surface area (Å²) in [6.45, 7) is 2.48. The average molecular weight is 450 g/mol. The second-order valence-corrected chi connectivity index (χ2v) is 9.00. The van der Waals surface area contributed by atoms with Gasteiger partial charge < -0.3 is 19.9 Å². The van der Waals surface area contributed by atoms with Gasteiger partial charge in [-0.25, -0.2) is 4.98 Å². The van der Waals surface area contributed by atoms with Crippen molar-refractivity contribution >= 4 is 51.3 Å². The molecule has 0 saturated carbocycles. The minimum Gasteiger partial charge on any atom is -0.354 e. The molecule has 5 rings (SSSR count). The standard InChI is InChI=1S/C18H16ClN5O5S/c1-8-7-29-12-6-22-4-10(14(25)15(26)13(22)17(28)24(8)12)16(27)20-2-9-3-23-5-11(19)30-18(23)21-9/h3-5,8,12-13H,2,6-7H2,1H3,(H,20,27)/t8-,12+,13?/m0/s1. The van der Waals surface area contributed by atoms with E-state index in [0.717, 1.165) is 0 Å². The van der Waals surface area contributed by atoms with Crippen molar-refractivity contribution in [1.82, 2.24) is 24.5 Å². The Hall–Kier alpha value is -2.76. The molecule has 0 aromatic carbocycles. The van der Waals surface area contributed by atoms with Crippen LogP contribution >= 0.6 is 22.9 Å². The number of nitrogens with zero attached hydrogens (tertiary/aromatic N) is 4. The monoisotopic (exact) mass is 449 g/mol. The number of carbonyl (C=O) groups excluding carboxylic acids is 4. The first kappa shape index (κ1) is 19.2. The number of hydrogen-bond acceptors (Lipinski definition) is 8. The molecule has 1 N–H and O–H groups in total. The lowest BCUT2D eigenvalue weighted by molar-refractivity contribution is -0.159. The molecule has 2 amide bonds. The molecule has 3 aliphatic heterocycles. The third kappa shape index (κ3) is 2.92. The SMILES string of the molecule is C[C@H]1CO[C@@H]2CN3C=C(C(=O)NCc4cn5cc(Cl)sc5n4)C(=O)C(=O)C3C(=O)N12. The van der Waals surface area contributed by atoms with Gasteiger partial charge in [-0.3, -0.25) is 23.6 Å². The van der Waals surface area contributed by atoms with Crippen LogP contribution in [0.3, 0.4) is 0 Å². The van der Waals surface area contributed by atoms with E-state index in [9.17, 15) is 19.2 Å². The quantitative estimate of drug-likeness (QED) is 0.397. The van der Waals surface area contributed by atoms with Gasteiger partial charge in [0.1, 0.15) is 16.1 Å². The summed E-state index contributed by atoms with van der Waals surface area (Å²) in [5.41, 5.74) is 0.282. The normalized spacial score (nSPS) is 26.1. The summed E-state index contributed by atoms with van der Waals surface area (Å²) < 4.78 is 7.93. The Balaban J connectivity index is 1.34. The van der Waals surface area contributed by atoms with Gasteiger partial charge in [-0.05, 0) is 6.92 Å². The van der Waals surface area contributed by atoms with E-state index in [2.05, 4.69) is 10.3 Å². The first-order valence-electron chi connectivity index (χ1n) is 9.24. The van der Waals surface area contributed by atoms with Gasteiger partial charge in [-0.15, -0.1) is 0 Å². The molecule has 3 aliphatic rings. The number of imidazole rings is 1. The molecular weight excluding hydrogens is 434 g/mol. The Kier molecular flexibility index (Phi) is 4.42. The second kappa shape index (κ2) is 6.89. The van der Waals surface area contributed by atoms with E-state index < -0.39 is 35.7 Å². The Labute approximate surface area is 179 Å². The Morgan fingerprint density at radius 2 is 2.17 bits per heavy atom. The molecule has 2 aromatic heterocycles. The van der Waals surface area contributed by atoms with Crippen molar-refractivity contribution in [2.75, 3.05) is 13.2 Å². The maximum atomic E-state index is 12.8. The van der Waals surface area contributed by atoms with Crippen LogP contribution in [-0.2, 0) is 30.5 Å². The Morgan fingerprint density at radius 3 is 2.93 bits per heavy atom. The predicted molar refractivity (Wildman–Crippen MR) is 105 cm³/mol. The van der Waals surface area contributed by atoms with E-state index in [0.29, 0.717) is 21.6 Å². The molecule has 30 heavy (non-hydrogen) atoms. The van der Waals surface area contributed by atoms with Gasteiger partial charge in [0.2, 0.25) is 11.6 Å². The van der Waals surface area contributed by atoms with E-state index in [1.54, 1.807) is 16.8 Å². The van der Waals surface area contributed by atoms with Gasteiger partial charge in [0.15, 0.2) is 11.0 Å². The van der Waals surface area contributed by atoms with Crippen LogP contribution < -0.4 is 5.32 Å². The molecule has 10 nitrogen and oxygen atoms in total. The van der Waals surface area contributed by atoms with Gasteiger partial charge in [-0.2, -0.15) is 0 Å².